The Morgan fingerprint density at radius 1 is 0.588 bits per heavy atom. The first kappa shape index (κ1) is 54.0. The van der Waals surface area contributed by atoms with E-state index in [1.165, 1.54) is 28.4 Å². The number of benzene rings is 1. The molecule has 18 heteroatoms. The van der Waals surface area contributed by atoms with Gasteiger partial charge in [-0.05, 0) is 80.8 Å². The van der Waals surface area contributed by atoms with Crippen molar-refractivity contribution in [3.8, 4) is 51.8 Å². The van der Waals surface area contributed by atoms with Crippen LogP contribution in [0.2, 0.25) is 0 Å². The molecule has 4 aromatic rings. The number of hydrogen-bond acceptors (Lipinski definition) is 17. The highest BCUT2D eigenvalue weighted by Gasteiger charge is 2.28. The average Bonchev–Trinajstić information content (AvgIpc) is 3.32. The fourth-order valence-electron chi connectivity index (χ4n) is 7.02. The summed E-state index contributed by atoms with van der Waals surface area (Å²) in [7, 11) is 3.85. The third-order valence-electron chi connectivity index (χ3n) is 10.2. The maximum absolute atomic E-state index is 12.8. The molecule has 3 aromatic heterocycles. The van der Waals surface area contributed by atoms with Crippen molar-refractivity contribution in [1.29, 1.82) is 5.26 Å². The molecule has 0 N–H and O–H groups in total. The monoisotopic (exact) mass is 949 g/mol. The van der Waals surface area contributed by atoms with Gasteiger partial charge in [0.05, 0.1) is 101 Å². The largest absolute Gasteiger partial charge is 0.468 e. The highest BCUT2D eigenvalue weighted by Crippen LogP contribution is 2.45. The van der Waals surface area contributed by atoms with Crippen LogP contribution in [-0.2, 0) is 67.0 Å². The van der Waals surface area contributed by atoms with Crippen molar-refractivity contribution in [2.45, 2.75) is 78.6 Å². The summed E-state index contributed by atoms with van der Waals surface area (Å²) in [5, 5.41) is 9.18. The van der Waals surface area contributed by atoms with Crippen LogP contribution in [0.5, 0.6) is 0 Å². The third kappa shape index (κ3) is 17.6. The van der Waals surface area contributed by atoms with Gasteiger partial charge in [0.1, 0.15) is 0 Å². The minimum absolute atomic E-state index is 0.135. The van der Waals surface area contributed by atoms with E-state index in [0.29, 0.717) is 59.6 Å². The van der Waals surface area contributed by atoms with Gasteiger partial charge < -0.3 is 23.5 Å². The quantitative estimate of drug-likeness (QED) is 0.0323. The number of rotatable bonds is 24. The van der Waals surface area contributed by atoms with E-state index < -0.39 is 32.2 Å². The predicted octanol–water partition coefficient (Wildman–Crippen LogP) is 6.38. The molecule has 1 atom stereocenters. The van der Waals surface area contributed by atoms with Crippen LogP contribution < -0.4 is 0 Å². The summed E-state index contributed by atoms with van der Waals surface area (Å²) in [5.41, 5.74) is 5.85. The molecule has 0 fully saturated rings. The summed E-state index contributed by atoms with van der Waals surface area (Å²) in [5.74, 6) is 3.87. The smallest absolute Gasteiger partial charge is 0.319 e. The van der Waals surface area contributed by atoms with Crippen LogP contribution in [0.1, 0.15) is 63.9 Å². The molecular weight excluding hydrogens is 890 g/mol. The van der Waals surface area contributed by atoms with Crippen molar-refractivity contribution in [3.63, 3.8) is 0 Å². The van der Waals surface area contributed by atoms with Crippen molar-refractivity contribution in [1.82, 2.24) is 29.4 Å². The Bertz CT molecular complexity index is 2300. The molecule has 0 aliphatic heterocycles. The second kappa shape index (κ2) is 27.9. The molecule has 0 amide bonds. The number of hydrogen-bond donors (Lipinski definition) is 0. The van der Waals surface area contributed by atoms with Gasteiger partial charge in [-0.25, -0.2) is 19.6 Å². The Kier molecular flexibility index (Phi) is 22.1. The van der Waals surface area contributed by atoms with E-state index in [1.54, 1.807) is 21.9 Å². The molecular formula is C50H60N7O10P. The van der Waals surface area contributed by atoms with Crippen LogP contribution in [0.25, 0.3) is 33.9 Å². The Morgan fingerprint density at radius 3 is 1.49 bits per heavy atom. The molecule has 68 heavy (non-hydrogen) atoms. The molecule has 1 unspecified atom stereocenters. The van der Waals surface area contributed by atoms with Crippen molar-refractivity contribution < 1.29 is 47.4 Å². The van der Waals surface area contributed by atoms with Crippen LogP contribution in [-0.4, -0.2) is 132 Å². The van der Waals surface area contributed by atoms with E-state index in [1.807, 2.05) is 60.7 Å². The molecule has 0 radical (unpaired) electrons. The summed E-state index contributed by atoms with van der Waals surface area (Å²) in [6.45, 7) is 7.86. The number of carbonyl (C=O) groups excluding carboxylic acids is 5. The topological polar surface area (TPSA) is 204 Å². The molecule has 3 heterocycles. The highest BCUT2D eigenvalue weighted by molar-refractivity contribution is 7.50. The van der Waals surface area contributed by atoms with Gasteiger partial charge in [0, 0.05) is 50.6 Å². The second-order valence-corrected chi connectivity index (χ2v) is 17.8. The van der Waals surface area contributed by atoms with Crippen molar-refractivity contribution in [2.75, 3.05) is 60.8 Å². The lowest BCUT2D eigenvalue weighted by molar-refractivity contribution is -0.147. The van der Waals surface area contributed by atoms with E-state index in [4.69, 9.17) is 38.4 Å². The molecule has 4 rings (SSSR count). The van der Waals surface area contributed by atoms with Gasteiger partial charge in [-0.1, -0.05) is 42.3 Å². The Morgan fingerprint density at radius 2 is 1.06 bits per heavy atom. The van der Waals surface area contributed by atoms with Crippen LogP contribution in [0, 0.1) is 23.2 Å². The van der Waals surface area contributed by atoms with Gasteiger partial charge in [0.15, 0.2) is 8.30 Å². The zero-order valence-corrected chi connectivity index (χ0v) is 40.9. The van der Waals surface area contributed by atoms with Gasteiger partial charge in [-0.3, -0.25) is 33.8 Å². The number of nitrogens with zero attached hydrogens (tertiary/aromatic N) is 7. The van der Waals surface area contributed by atoms with Gasteiger partial charge in [-0.15, -0.1) is 5.92 Å². The van der Waals surface area contributed by atoms with Crippen LogP contribution in [0.15, 0.2) is 72.8 Å². The fourth-order valence-corrected chi connectivity index (χ4v) is 9.09. The number of carbonyl (C=O) groups is 5. The number of methoxy groups -OCH3 is 4. The van der Waals surface area contributed by atoms with E-state index >= 15 is 0 Å². The maximum atomic E-state index is 12.8. The number of esters is 4. The normalized spacial score (nSPS) is 11.5. The molecule has 0 bridgehead atoms. The summed E-state index contributed by atoms with van der Waals surface area (Å²) in [6.07, 6.45) is 1.78. The maximum Gasteiger partial charge on any atom is 0.319 e. The zero-order valence-electron chi connectivity index (χ0n) is 40.0. The van der Waals surface area contributed by atoms with E-state index in [2.05, 4.69) is 50.3 Å². The van der Waals surface area contributed by atoms with E-state index in [-0.39, 0.29) is 63.7 Å². The minimum Gasteiger partial charge on any atom is -0.468 e. The number of ether oxygens (including phenoxy) is 4. The summed E-state index contributed by atoms with van der Waals surface area (Å²) < 4.78 is 27.5. The first-order chi connectivity index (χ1) is 32.7. The molecule has 0 aliphatic rings. The Labute approximate surface area is 400 Å². The summed E-state index contributed by atoms with van der Waals surface area (Å²) in [4.78, 5) is 79.6. The highest BCUT2D eigenvalue weighted by atomic mass is 31.2. The van der Waals surface area contributed by atoms with Gasteiger partial charge in [-0.2, -0.15) is 5.26 Å². The summed E-state index contributed by atoms with van der Waals surface area (Å²) >= 11 is 0. The first-order valence-corrected chi connectivity index (χ1v) is 23.4. The SMILES string of the molecule is COC(=O)CN(CC(=O)OC)Cc1cccc(-c2cc(-c3ccc(CC#CCCC(=O)OP(CCC#N)N(C(C)C)C(C)C)cc3)cc(-c3cccc(CN(CC(=O)OC)CC(=O)OC)n3)n2)n1. The number of aromatic nitrogens is 3. The molecule has 0 spiro atoms. The third-order valence-corrected chi connectivity index (χ3v) is 12.6. The lowest BCUT2D eigenvalue weighted by Crippen LogP contribution is -2.35. The molecule has 360 valence electrons. The molecule has 0 saturated carbocycles. The standard InChI is InChI=1S/C50H60N7O10P/c1-35(2)57(36(3)4)68(26-14-25-51)67-46(58)20-11-9-10-15-37-21-23-38(24-22-37)39-27-44(42-18-12-16-40(52-42)29-55(31-47(59)63-5)32-48(60)64-6)54-45(28-39)43-19-13-17-41(53-43)30-56(33-49(61)65-7)34-50(62)66-8/h12-13,16-19,21-24,27-28,35-36H,11,14-15,20,26,29-34H2,1-8H3. The lowest BCUT2D eigenvalue weighted by Gasteiger charge is -2.36. The summed E-state index contributed by atoms with van der Waals surface area (Å²) in [6, 6.07) is 25.1. The van der Waals surface area contributed by atoms with E-state index in [9.17, 15) is 29.2 Å². The van der Waals surface area contributed by atoms with Crippen LogP contribution in [0.4, 0.5) is 0 Å². The van der Waals surface area contributed by atoms with E-state index in [0.717, 1.165) is 16.7 Å². The first-order valence-electron chi connectivity index (χ1n) is 22.0. The van der Waals surface area contributed by atoms with Gasteiger partial charge >= 0.3 is 29.8 Å². The lowest BCUT2D eigenvalue weighted by atomic mass is 10.0. The van der Waals surface area contributed by atoms with Crippen molar-refractivity contribution >= 4 is 38.1 Å². The number of nitriles is 1. The molecule has 1 aromatic carbocycles. The average molecular weight is 950 g/mol. The molecule has 0 saturated heterocycles. The van der Waals surface area contributed by atoms with Crippen LogP contribution in [0.3, 0.4) is 0 Å². The zero-order chi connectivity index (χ0) is 49.6. The second-order valence-electron chi connectivity index (χ2n) is 16.0. The van der Waals surface area contributed by atoms with Gasteiger partial charge in [0.2, 0.25) is 0 Å². The van der Waals surface area contributed by atoms with Gasteiger partial charge in [0.25, 0.3) is 0 Å². The van der Waals surface area contributed by atoms with Crippen molar-refractivity contribution in [3.05, 3.63) is 89.7 Å². The van der Waals surface area contributed by atoms with Crippen LogP contribution >= 0.6 is 8.30 Å². The Hall–Kier alpha value is -6.62. The number of pyridine rings is 3. The minimum atomic E-state index is -1.24. The molecule has 17 nitrogen and oxygen atoms in total. The molecule has 0 aliphatic carbocycles. The Balaban J connectivity index is 1.63. The predicted molar refractivity (Wildman–Crippen MR) is 256 cm³/mol. The fraction of sp³-hybridized carbons (Fsp3) is 0.420. The van der Waals surface area contributed by atoms with Crippen molar-refractivity contribution in [2.24, 2.45) is 0 Å².